The molecule has 0 spiro atoms. The molecule has 0 aromatic carbocycles. The lowest BCUT2D eigenvalue weighted by Crippen LogP contribution is -2.49. The molecule has 0 aliphatic rings. The molecule has 1 unspecified atom stereocenters. The highest BCUT2D eigenvalue weighted by Crippen LogP contribution is 2.23. The average Bonchev–Trinajstić information content (AvgIpc) is 2.15. The molecule has 1 atom stereocenters. The van der Waals surface area contributed by atoms with Crippen LogP contribution in [0.1, 0.15) is 41.0 Å². The molecule has 0 fully saturated rings. The molecule has 0 saturated heterocycles. The molecule has 7 heteroatoms. The van der Waals surface area contributed by atoms with E-state index >= 15 is 0 Å². The molecular weight excluding hydrogens is 250 g/mol. The second-order valence-electron chi connectivity index (χ2n) is 4.74. The summed E-state index contributed by atoms with van der Waals surface area (Å²) >= 11 is 0. The molecule has 6 nitrogen and oxygen atoms in total. The summed E-state index contributed by atoms with van der Waals surface area (Å²) in [6.07, 6.45) is 1.02. The number of nitrogens with two attached hydrogens (primary N) is 2. The minimum absolute atomic E-state index is 0.202. The van der Waals surface area contributed by atoms with Crippen LogP contribution < -0.4 is 11.5 Å². The van der Waals surface area contributed by atoms with E-state index in [0.29, 0.717) is 6.61 Å². The predicted octanol–water partition coefficient (Wildman–Crippen LogP) is 1.67. The third-order valence-electron chi connectivity index (χ3n) is 1.69. The van der Waals surface area contributed by atoms with Crippen LogP contribution in [0.4, 0.5) is 0 Å². The Kier molecular flexibility index (Phi) is 10.2. The first-order valence-electron chi connectivity index (χ1n) is 6.11. The van der Waals surface area contributed by atoms with E-state index in [9.17, 15) is 0 Å². The van der Waals surface area contributed by atoms with Gasteiger partial charge in [0.15, 0.2) is 5.96 Å². The highest BCUT2D eigenvalue weighted by Gasteiger charge is 2.42. The fraction of sp³-hybridized carbons (Fsp3) is 0.909. The maximum absolute atomic E-state index is 6.06. The van der Waals surface area contributed by atoms with E-state index in [2.05, 4.69) is 18.4 Å². The first kappa shape index (κ1) is 19.7. The smallest absolute Gasteiger partial charge is 0.377 e. The zero-order valence-electron chi connectivity index (χ0n) is 12.5. The van der Waals surface area contributed by atoms with Gasteiger partial charge in [0, 0.05) is 19.8 Å². The van der Waals surface area contributed by atoms with Crippen LogP contribution in [0.15, 0.2) is 0 Å². The van der Waals surface area contributed by atoms with Crippen molar-refractivity contribution in [2.45, 2.75) is 52.7 Å². The van der Waals surface area contributed by atoms with E-state index in [1.165, 1.54) is 0 Å². The van der Waals surface area contributed by atoms with E-state index < -0.39 is 8.80 Å². The topological polar surface area (TPSA) is 104 Å². The van der Waals surface area contributed by atoms with Gasteiger partial charge in [-0.1, -0.05) is 13.3 Å². The van der Waals surface area contributed by atoms with E-state index in [-0.39, 0.29) is 11.6 Å². The second-order valence-corrected chi connectivity index (χ2v) is 7.51. The van der Waals surface area contributed by atoms with Gasteiger partial charge in [0.1, 0.15) is 0 Å². The Morgan fingerprint density at radius 2 is 1.67 bits per heavy atom. The van der Waals surface area contributed by atoms with Crippen molar-refractivity contribution in [2.24, 2.45) is 11.5 Å². The molecule has 0 amide bonds. The van der Waals surface area contributed by atoms with Crippen LogP contribution >= 0.6 is 0 Å². The summed E-state index contributed by atoms with van der Waals surface area (Å²) in [4.78, 5) is 0. The summed E-state index contributed by atoms with van der Waals surface area (Å²) < 4.78 is 17.1. The molecule has 0 heterocycles. The van der Waals surface area contributed by atoms with Gasteiger partial charge in [0.25, 0.3) is 0 Å². The predicted molar refractivity (Wildman–Crippen MR) is 76.4 cm³/mol. The van der Waals surface area contributed by atoms with Gasteiger partial charge in [0.05, 0.1) is 5.60 Å². The molecule has 5 N–H and O–H groups in total. The number of hydrogen-bond acceptors (Lipinski definition) is 4. The van der Waals surface area contributed by atoms with Crippen LogP contribution in [0.25, 0.3) is 0 Å². The lowest BCUT2D eigenvalue weighted by molar-refractivity contribution is 0.00783. The Labute approximate surface area is 112 Å². The average molecular weight is 279 g/mol. The Hall–Kier alpha value is -0.633. The standard InChI is InChI=1S/C10H24O3Si.CH5N3/c1-7-9-14(11-6,12-8-2)13-10(3,4)5;2-1(3)4/h7-9H2,1-6H3;(H5,2,3,4). The first-order valence-corrected chi connectivity index (χ1v) is 8.04. The highest BCUT2D eigenvalue weighted by atomic mass is 28.4. The number of nitrogens with one attached hydrogen (secondary N) is 1. The van der Waals surface area contributed by atoms with Crippen molar-refractivity contribution in [3.05, 3.63) is 0 Å². The third-order valence-corrected chi connectivity index (χ3v) is 5.08. The number of guanidine groups is 1. The van der Waals surface area contributed by atoms with Gasteiger partial charge in [-0.25, -0.2) is 0 Å². The minimum atomic E-state index is -2.40. The van der Waals surface area contributed by atoms with Crippen molar-refractivity contribution < 1.29 is 13.3 Å². The lowest BCUT2D eigenvalue weighted by Gasteiger charge is -2.34. The molecule has 0 aromatic heterocycles. The van der Waals surface area contributed by atoms with Crippen LogP contribution in [-0.2, 0) is 13.3 Å². The number of rotatable bonds is 6. The summed E-state index contributed by atoms with van der Waals surface area (Å²) in [6.45, 7) is 10.8. The summed E-state index contributed by atoms with van der Waals surface area (Å²) in [5.41, 5.74) is 8.74. The molecule has 0 rings (SSSR count). The molecular formula is C11H29N3O3Si. The zero-order chi connectivity index (χ0) is 14.8. The zero-order valence-corrected chi connectivity index (χ0v) is 13.5. The van der Waals surface area contributed by atoms with Gasteiger partial charge < -0.3 is 24.7 Å². The van der Waals surface area contributed by atoms with Gasteiger partial charge in [-0.15, -0.1) is 0 Å². The quantitative estimate of drug-likeness (QED) is 0.390. The van der Waals surface area contributed by atoms with Gasteiger partial charge in [-0.05, 0) is 27.7 Å². The fourth-order valence-electron chi connectivity index (χ4n) is 1.35. The summed E-state index contributed by atoms with van der Waals surface area (Å²) in [6, 6.07) is 0.884. The van der Waals surface area contributed by atoms with E-state index in [1.807, 2.05) is 27.7 Å². The van der Waals surface area contributed by atoms with Crippen molar-refractivity contribution in [3.63, 3.8) is 0 Å². The van der Waals surface area contributed by atoms with Gasteiger partial charge in [0.2, 0.25) is 0 Å². The van der Waals surface area contributed by atoms with Gasteiger partial charge in [-0.3, -0.25) is 5.41 Å². The van der Waals surface area contributed by atoms with E-state index in [0.717, 1.165) is 12.5 Å². The molecule has 110 valence electrons. The SMILES string of the molecule is CCC[Si](OC)(OCC)OC(C)(C)C.N=C(N)N. The van der Waals surface area contributed by atoms with Crippen LogP contribution in [0.5, 0.6) is 0 Å². The van der Waals surface area contributed by atoms with Crippen molar-refractivity contribution in [1.29, 1.82) is 5.41 Å². The lowest BCUT2D eigenvalue weighted by atomic mass is 10.2. The Balaban J connectivity index is 0. The normalized spacial score (nSPS) is 14.3. The number of hydrogen-bond donors (Lipinski definition) is 3. The monoisotopic (exact) mass is 279 g/mol. The second kappa shape index (κ2) is 9.32. The van der Waals surface area contributed by atoms with Crippen molar-refractivity contribution in [1.82, 2.24) is 0 Å². The van der Waals surface area contributed by atoms with Crippen LogP contribution in [0, 0.1) is 5.41 Å². The van der Waals surface area contributed by atoms with Crippen molar-refractivity contribution in [2.75, 3.05) is 13.7 Å². The van der Waals surface area contributed by atoms with Crippen LogP contribution in [0.2, 0.25) is 6.04 Å². The Morgan fingerprint density at radius 3 is 1.89 bits per heavy atom. The van der Waals surface area contributed by atoms with Crippen LogP contribution in [0.3, 0.4) is 0 Å². The van der Waals surface area contributed by atoms with Crippen molar-refractivity contribution >= 4 is 14.8 Å². The Morgan fingerprint density at radius 1 is 1.22 bits per heavy atom. The summed E-state index contributed by atoms with van der Waals surface area (Å²) in [7, 11) is -0.721. The summed E-state index contributed by atoms with van der Waals surface area (Å²) in [5.74, 6) is -0.333. The minimum Gasteiger partial charge on any atom is -0.377 e. The molecule has 0 bridgehead atoms. The third kappa shape index (κ3) is 11.8. The molecule has 0 aliphatic heterocycles. The molecule has 0 saturated carbocycles. The highest BCUT2D eigenvalue weighted by molar-refractivity contribution is 6.60. The molecule has 0 aliphatic carbocycles. The summed E-state index contributed by atoms with van der Waals surface area (Å²) in [5, 5.41) is 6.06. The largest absolute Gasteiger partial charge is 0.501 e. The Bertz CT molecular complexity index is 222. The van der Waals surface area contributed by atoms with E-state index in [4.69, 9.17) is 18.7 Å². The van der Waals surface area contributed by atoms with Gasteiger partial charge in [-0.2, -0.15) is 0 Å². The van der Waals surface area contributed by atoms with Gasteiger partial charge >= 0.3 is 8.80 Å². The van der Waals surface area contributed by atoms with Crippen LogP contribution in [-0.4, -0.2) is 34.1 Å². The van der Waals surface area contributed by atoms with E-state index in [1.54, 1.807) is 7.11 Å². The van der Waals surface area contributed by atoms with Crippen molar-refractivity contribution in [3.8, 4) is 0 Å². The fourth-order valence-corrected chi connectivity index (χ4v) is 4.04. The molecule has 18 heavy (non-hydrogen) atoms. The molecule has 0 radical (unpaired) electrons. The molecule has 0 aromatic rings. The first-order chi connectivity index (χ1) is 8.12. The maximum Gasteiger partial charge on any atom is 0.501 e. The maximum atomic E-state index is 6.06.